The summed E-state index contributed by atoms with van der Waals surface area (Å²) < 4.78 is 2.86. The summed E-state index contributed by atoms with van der Waals surface area (Å²) in [7, 11) is 0. The molecule has 0 fully saturated rings. The maximum atomic E-state index is 6.14. The van der Waals surface area contributed by atoms with Crippen LogP contribution in [0.2, 0.25) is 10.0 Å². The number of halogens is 2. The lowest BCUT2D eigenvalue weighted by atomic mass is 9.85. The summed E-state index contributed by atoms with van der Waals surface area (Å²) in [5, 5.41) is 1.11. The van der Waals surface area contributed by atoms with Crippen LogP contribution in [0.5, 0.6) is 0 Å². The summed E-state index contributed by atoms with van der Waals surface area (Å²) in [6.45, 7) is 9.92. The Hall–Kier alpha value is -0.510. The summed E-state index contributed by atoms with van der Waals surface area (Å²) in [6, 6.07) is 3.73. The van der Waals surface area contributed by atoms with Gasteiger partial charge in [-0.3, -0.25) is 0 Å². The standard InChI is InChI=1S/C15H20Cl2N2S/c1-8(2)10(9(3)4)7-19-14-6-12(17)11(16)5-13(14)18-15(19)20/h5-6,8-10H,7H2,1-4H3,(H,18,20). The van der Waals surface area contributed by atoms with E-state index in [1.807, 2.05) is 12.1 Å². The van der Waals surface area contributed by atoms with Crippen LogP contribution >= 0.6 is 35.4 Å². The number of nitrogens with zero attached hydrogens (tertiary/aromatic N) is 1. The quantitative estimate of drug-likeness (QED) is 0.688. The van der Waals surface area contributed by atoms with Crippen LogP contribution < -0.4 is 0 Å². The van der Waals surface area contributed by atoms with E-state index in [0.29, 0.717) is 27.8 Å². The Balaban J connectivity index is 2.51. The van der Waals surface area contributed by atoms with Crippen molar-refractivity contribution in [2.75, 3.05) is 0 Å². The van der Waals surface area contributed by atoms with Crippen molar-refractivity contribution in [3.05, 3.63) is 26.9 Å². The summed E-state index contributed by atoms with van der Waals surface area (Å²) in [5.41, 5.74) is 1.96. The van der Waals surface area contributed by atoms with Gasteiger partial charge in [0, 0.05) is 6.54 Å². The van der Waals surface area contributed by atoms with Crippen LogP contribution in [0.25, 0.3) is 11.0 Å². The number of fused-ring (bicyclic) bond motifs is 1. The van der Waals surface area contributed by atoms with Crippen molar-refractivity contribution in [1.82, 2.24) is 9.55 Å². The molecule has 5 heteroatoms. The molecule has 1 heterocycles. The van der Waals surface area contributed by atoms with Gasteiger partial charge >= 0.3 is 0 Å². The van der Waals surface area contributed by atoms with E-state index in [1.54, 1.807) is 0 Å². The monoisotopic (exact) mass is 330 g/mol. The van der Waals surface area contributed by atoms with E-state index in [0.717, 1.165) is 22.3 Å². The van der Waals surface area contributed by atoms with Crippen molar-refractivity contribution in [3.63, 3.8) is 0 Å². The number of aromatic nitrogens is 2. The van der Waals surface area contributed by atoms with Gasteiger partial charge in [-0.25, -0.2) is 0 Å². The molecule has 1 N–H and O–H groups in total. The second kappa shape index (κ2) is 6.08. The van der Waals surface area contributed by atoms with E-state index in [-0.39, 0.29) is 0 Å². The molecule has 110 valence electrons. The lowest BCUT2D eigenvalue weighted by Crippen LogP contribution is -2.21. The summed E-state index contributed by atoms with van der Waals surface area (Å²) in [4.78, 5) is 3.21. The molecule has 20 heavy (non-hydrogen) atoms. The first-order valence-electron chi connectivity index (χ1n) is 6.88. The van der Waals surface area contributed by atoms with Gasteiger partial charge in [0.25, 0.3) is 0 Å². The molecule has 0 atom stereocenters. The fourth-order valence-electron chi connectivity index (χ4n) is 2.74. The highest BCUT2D eigenvalue weighted by Crippen LogP contribution is 2.30. The summed E-state index contributed by atoms with van der Waals surface area (Å²) in [6.07, 6.45) is 0. The summed E-state index contributed by atoms with van der Waals surface area (Å²) >= 11 is 17.7. The highest BCUT2D eigenvalue weighted by molar-refractivity contribution is 7.71. The zero-order valence-corrected chi connectivity index (χ0v) is 14.5. The van der Waals surface area contributed by atoms with E-state index < -0.39 is 0 Å². The number of imidazole rings is 1. The van der Waals surface area contributed by atoms with E-state index in [1.165, 1.54) is 0 Å². The first-order chi connectivity index (χ1) is 9.31. The van der Waals surface area contributed by atoms with E-state index in [4.69, 9.17) is 35.4 Å². The van der Waals surface area contributed by atoms with Crippen molar-refractivity contribution >= 4 is 46.5 Å². The van der Waals surface area contributed by atoms with Gasteiger partial charge in [0.2, 0.25) is 0 Å². The van der Waals surface area contributed by atoms with Crippen LogP contribution in [0, 0.1) is 22.5 Å². The molecular formula is C15H20Cl2N2S. The average molecular weight is 331 g/mol. The molecule has 2 aromatic rings. The van der Waals surface area contributed by atoms with Gasteiger partial charge in [-0.15, -0.1) is 0 Å². The molecule has 2 nitrogen and oxygen atoms in total. The topological polar surface area (TPSA) is 20.7 Å². The Morgan fingerprint density at radius 3 is 2.20 bits per heavy atom. The molecule has 0 aliphatic heterocycles. The molecule has 0 amide bonds. The van der Waals surface area contributed by atoms with E-state index >= 15 is 0 Å². The number of hydrogen-bond donors (Lipinski definition) is 1. The second-order valence-electron chi connectivity index (χ2n) is 5.98. The van der Waals surface area contributed by atoms with Crippen LogP contribution in [0.4, 0.5) is 0 Å². The minimum atomic E-state index is 0.548. The normalized spacial score (nSPS) is 12.2. The molecule has 0 aliphatic carbocycles. The fraction of sp³-hybridized carbons (Fsp3) is 0.533. The zero-order valence-electron chi connectivity index (χ0n) is 12.2. The molecule has 1 aromatic carbocycles. The molecule has 0 saturated heterocycles. The van der Waals surface area contributed by atoms with Crippen molar-refractivity contribution in [3.8, 4) is 0 Å². The molecule has 2 rings (SSSR count). The van der Waals surface area contributed by atoms with Crippen LogP contribution in [-0.4, -0.2) is 9.55 Å². The van der Waals surface area contributed by atoms with Gasteiger partial charge in [-0.2, -0.15) is 0 Å². The minimum absolute atomic E-state index is 0.548. The average Bonchev–Trinajstić information content (AvgIpc) is 2.61. The number of nitrogens with one attached hydrogen (secondary N) is 1. The number of H-pyrrole nitrogens is 1. The Bertz CT molecular complexity index is 662. The first kappa shape index (κ1) is 15.9. The van der Waals surface area contributed by atoms with Crippen molar-refractivity contribution in [2.45, 2.75) is 34.2 Å². The van der Waals surface area contributed by atoms with Crippen LogP contribution in [-0.2, 0) is 6.54 Å². The molecule has 0 saturated carbocycles. The largest absolute Gasteiger partial charge is 0.331 e. The molecule has 0 spiro atoms. The Kier molecular flexibility index (Phi) is 4.83. The third-order valence-electron chi connectivity index (χ3n) is 3.92. The Morgan fingerprint density at radius 2 is 1.65 bits per heavy atom. The molecule has 0 bridgehead atoms. The number of aromatic amines is 1. The molecule has 0 unspecified atom stereocenters. The molecule has 0 radical (unpaired) electrons. The fourth-order valence-corrected chi connectivity index (χ4v) is 3.34. The lowest BCUT2D eigenvalue weighted by Gasteiger charge is -2.25. The van der Waals surface area contributed by atoms with Crippen molar-refractivity contribution in [1.29, 1.82) is 0 Å². The van der Waals surface area contributed by atoms with Gasteiger partial charge in [-0.05, 0) is 42.1 Å². The van der Waals surface area contributed by atoms with Crippen LogP contribution in [0.15, 0.2) is 12.1 Å². The van der Waals surface area contributed by atoms with E-state index in [2.05, 4.69) is 37.2 Å². The number of benzene rings is 1. The van der Waals surface area contributed by atoms with Gasteiger partial charge < -0.3 is 9.55 Å². The predicted octanol–water partition coefficient (Wildman–Crippen LogP) is 5.93. The van der Waals surface area contributed by atoms with Gasteiger partial charge in [0.05, 0.1) is 21.1 Å². The third-order valence-corrected chi connectivity index (χ3v) is 4.97. The minimum Gasteiger partial charge on any atom is -0.331 e. The van der Waals surface area contributed by atoms with Gasteiger partial charge in [0.1, 0.15) is 0 Å². The van der Waals surface area contributed by atoms with Crippen LogP contribution in [0.3, 0.4) is 0 Å². The Morgan fingerprint density at radius 1 is 1.10 bits per heavy atom. The van der Waals surface area contributed by atoms with Crippen LogP contribution in [0.1, 0.15) is 27.7 Å². The zero-order chi connectivity index (χ0) is 15.0. The van der Waals surface area contributed by atoms with Gasteiger partial charge in [-0.1, -0.05) is 50.9 Å². The first-order valence-corrected chi connectivity index (χ1v) is 8.05. The third kappa shape index (κ3) is 3.05. The second-order valence-corrected chi connectivity index (χ2v) is 7.18. The highest BCUT2D eigenvalue weighted by atomic mass is 35.5. The maximum Gasteiger partial charge on any atom is 0.178 e. The maximum absolute atomic E-state index is 6.14. The number of rotatable bonds is 4. The summed E-state index contributed by atoms with van der Waals surface area (Å²) in [5.74, 6) is 1.77. The highest BCUT2D eigenvalue weighted by Gasteiger charge is 2.20. The van der Waals surface area contributed by atoms with Crippen molar-refractivity contribution < 1.29 is 0 Å². The Labute approximate surface area is 135 Å². The van der Waals surface area contributed by atoms with Crippen molar-refractivity contribution in [2.24, 2.45) is 17.8 Å². The molecular weight excluding hydrogens is 311 g/mol. The van der Waals surface area contributed by atoms with E-state index in [9.17, 15) is 0 Å². The molecule has 0 aliphatic rings. The lowest BCUT2D eigenvalue weighted by molar-refractivity contribution is 0.253. The number of hydrogen-bond acceptors (Lipinski definition) is 1. The SMILES string of the molecule is CC(C)C(Cn1c(=S)[nH]c2cc(Cl)c(Cl)cc21)C(C)C. The molecule has 1 aromatic heterocycles. The van der Waals surface area contributed by atoms with Gasteiger partial charge in [0.15, 0.2) is 4.77 Å². The predicted molar refractivity (Wildman–Crippen MR) is 90.3 cm³/mol. The smallest absolute Gasteiger partial charge is 0.178 e.